The van der Waals surface area contributed by atoms with Crippen LogP contribution in [-0.2, 0) is 4.79 Å². The molecule has 6 nitrogen and oxygen atoms in total. The van der Waals surface area contributed by atoms with Gasteiger partial charge >= 0.3 is 12.0 Å². The van der Waals surface area contributed by atoms with Crippen molar-refractivity contribution in [1.29, 1.82) is 0 Å². The molecule has 3 saturated heterocycles. The number of fused-ring (bicyclic) bond motifs is 2. The third-order valence-electron chi connectivity index (χ3n) is 5.37. The zero-order chi connectivity index (χ0) is 15.0. The minimum Gasteiger partial charge on any atom is -0.481 e. The van der Waals surface area contributed by atoms with Gasteiger partial charge in [-0.05, 0) is 45.2 Å². The summed E-state index contributed by atoms with van der Waals surface area (Å²) >= 11 is 0. The van der Waals surface area contributed by atoms with Gasteiger partial charge in [-0.1, -0.05) is 6.92 Å². The molecule has 0 aromatic carbocycles. The number of nitrogens with one attached hydrogen (secondary N) is 1. The minimum atomic E-state index is -0.755. The number of rotatable bonds is 3. The standard InChI is InChI=1S/C15H25N3O3/c1-2-17-7-3-4-10(9-17)16-15(21)18-11-5-6-13(18)12(8-11)14(19)20/h10-13H,2-9H2,1H3,(H,16,21)(H,19,20). The Morgan fingerprint density at radius 3 is 2.76 bits per heavy atom. The Balaban J connectivity index is 1.60. The lowest BCUT2D eigenvalue weighted by molar-refractivity contribution is -0.142. The molecule has 0 spiro atoms. The largest absolute Gasteiger partial charge is 0.481 e. The third kappa shape index (κ3) is 2.73. The van der Waals surface area contributed by atoms with Crippen molar-refractivity contribution in [2.75, 3.05) is 19.6 Å². The molecule has 3 aliphatic heterocycles. The van der Waals surface area contributed by atoms with Gasteiger partial charge < -0.3 is 20.2 Å². The Morgan fingerprint density at radius 1 is 1.29 bits per heavy atom. The van der Waals surface area contributed by atoms with Crippen LogP contribution in [0.2, 0.25) is 0 Å². The first-order valence-electron chi connectivity index (χ1n) is 8.14. The highest BCUT2D eigenvalue weighted by atomic mass is 16.4. The summed E-state index contributed by atoms with van der Waals surface area (Å²) in [7, 11) is 0. The Labute approximate surface area is 125 Å². The van der Waals surface area contributed by atoms with Gasteiger partial charge in [-0.25, -0.2) is 4.79 Å². The summed E-state index contributed by atoms with van der Waals surface area (Å²) in [4.78, 5) is 28.0. The fourth-order valence-corrected chi connectivity index (χ4v) is 4.28. The highest BCUT2D eigenvalue weighted by molar-refractivity contribution is 5.79. The topological polar surface area (TPSA) is 72.9 Å². The van der Waals surface area contributed by atoms with Crippen LogP contribution in [0, 0.1) is 5.92 Å². The molecule has 0 aromatic heterocycles. The molecule has 3 aliphatic rings. The van der Waals surface area contributed by atoms with Crippen LogP contribution < -0.4 is 5.32 Å². The molecule has 2 N–H and O–H groups in total. The van der Waals surface area contributed by atoms with Crippen LogP contribution in [0.4, 0.5) is 4.79 Å². The van der Waals surface area contributed by atoms with Gasteiger partial charge in [-0.2, -0.15) is 0 Å². The van der Waals surface area contributed by atoms with Gasteiger partial charge in [0.1, 0.15) is 0 Å². The molecule has 2 bridgehead atoms. The van der Waals surface area contributed by atoms with E-state index in [4.69, 9.17) is 0 Å². The predicted octanol–water partition coefficient (Wildman–Crippen LogP) is 1.12. The number of carboxylic acids is 1. The van der Waals surface area contributed by atoms with Crippen LogP contribution in [0.5, 0.6) is 0 Å². The van der Waals surface area contributed by atoms with E-state index in [0.29, 0.717) is 6.42 Å². The first-order chi connectivity index (χ1) is 10.1. The molecule has 3 rings (SSSR count). The summed E-state index contributed by atoms with van der Waals surface area (Å²) in [6, 6.07) is 0.184. The molecular weight excluding hydrogens is 270 g/mol. The number of urea groups is 1. The monoisotopic (exact) mass is 295 g/mol. The zero-order valence-electron chi connectivity index (χ0n) is 12.6. The third-order valence-corrected chi connectivity index (χ3v) is 5.37. The lowest BCUT2D eigenvalue weighted by Crippen LogP contribution is -2.52. The van der Waals surface area contributed by atoms with Gasteiger partial charge in [-0.3, -0.25) is 4.79 Å². The van der Waals surface area contributed by atoms with Crippen molar-refractivity contribution in [2.45, 2.75) is 57.2 Å². The molecular formula is C15H25N3O3. The van der Waals surface area contributed by atoms with E-state index in [2.05, 4.69) is 17.1 Å². The number of carbonyl (C=O) groups is 2. The second-order valence-electron chi connectivity index (χ2n) is 6.57. The van der Waals surface area contributed by atoms with Gasteiger partial charge in [0, 0.05) is 24.7 Å². The van der Waals surface area contributed by atoms with Gasteiger partial charge in [0.2, 0.25) is 0 Å². The van der Waals surface area contributed by atoms with Crippen molar-refractivity contribution in [3.05, 3.63) is 0 Å². The quantitative estimate of drug-likeness (QED) is 0.818. The van der Waals surface area contributed by atoms with Crippen LogP contribution in [0.15, 0.2) is 0 Å². The lowest BCUT2D eigenvalue weighted by atomic mass is 9.89. The highest BCUT2D eigenvalue weighted by Crippen LogP contribution is 2.41. The average Bonchev–Trinajstić information content (AvgIpc) is 3.05. The molecule has 4 atom stereocenters. The number of hydrogen-bond donors (Lipinski definition) is 2. The van der Waals surface area contributed by atoms with Crippen LogP contribution in [-0.4, -0.2) is 64.7 Å². The van der Waals surface area contributed by atoms with E-state index < -0.39 is 5.97 Å². The number of aliphatic carboxylic acids is 1. The van der Waals surface area contributed by atoms with E-state index >= 15 is 0 Å². The Bertz CT molecular complexity index is 428. The van der Waals surface area contributed by atoms with Crippen molar-refractivity contribution in [2.24, 2.45) is 5.92 Å². The molecule has 3 fully saturated rings. The molecule has 21 heavy (non-hydrogen) atoms. The maximum Gasteiger partial charge on any atom is 0.318 e. The summed E-state index contributed by atoms with van der Waals surface area (Å²) in [5.74, 6) is -1.12. The normalized spacial score (nSPS) is 36.0. The van der Waals surface area contributed by atoms with E-state index in [9.17, 15) is 14.7 Å². The van der Waals surface area contributed by atoms with Gasteiger partial charge in [-0.15, -0.1) is 0 Å². The smallest absolute Gasteiger partial charge is 0.318 e. The first kappa shape index (κ1) is 14.6. The number of likely N-dealkylation sites (N-methyl/N-ethyl adjacent to an activating group) is 1. The minimum absolute atomic E-state index is 0.0470. The summed E-state index contributed by atoms with van der Waals surface area (Å²) in [6.45, 7) is 5.18. The number of nitrogens with zero attached hydrogens (tertiary/aromatic N) is 2. The van der Waals surface area contributed by atoms with Gasteiger partial charge in [0.25, 0.3) is 0 Å². The first-order valence-corrected chi connectivity index (χ1v) is 8.14. The summed E-state index contributed by atoms with van der Waals surface area (Å²) in [5.41, 5.74) is 0. The predicted molar refractivity (Wildman–Crippen MR) is 78.1 cm³/mol. The van der Waals surface area contributed by atoms with Crippen LogP contribution in [0.3, 0.4) is 0 Å². The van der Waals surface area contributed by atoms with E-state index in [1.165, 1.54) is 0 Å². The average molecular weight is 295 g/mol. The fourth-order valence-electron chi connectivity index (χ4n) is 4.28. The van der Waals surface area contributed by atoms with Crippen LogP contribution in [0.25, 0.3) is 0 Å². The van der Waals surface area contributed by atoms with Gasteiger partial charge in [0.15, 0.2) is 0 Å². The Kier molecular flexibility index (Phi) is 4.06. The second kappa shape index (κ2) is 5.83. The molecule has 0 aliphatic carbocycles. The molecule has 6 heteroatoms. The SMILES string of the molecule is CCN1CCCC(NC(=O)N2C3CCC2C(C(=O)O)C3)C1. The molecule has 0 aromatic rings. The number of carbonyl (C=O) groups excluding carboxylic acids is 1. The molecule has 0 saturated carbocycles. The molecule has 3 heterocycles. The number of carboxylic acid groups (broad SMARTS) is 1. The van der Waals surface area contributed by atoms with Crippen molar-refractivity contribution >= 4 is 12.0 Å². The van der Waals surface area contributed by atoms with E-state index in [-0.39, 0.29) is 30.1 Å². The highest BCUT2D eigenvalue weighted by Gasteiger charge is 2.51. The Hall–Kier alpha value is -1.30. The number of hydrogen-bond acceptors (Lipinski definition) is 3. The van der Waals surface area contributed by atoms with Crippen molar-refractivity contribution in [3.63, 3.8) is 0 Å². The summed E-state index contributed by atoms with van der Waals surface area (Å²) < 4.78 is 0. The molecule has 118 valence electrons. The van der Waals surface area contributed by atoms with Gasteiger partial charge in [0.05, 0.1) is 5.92 Å². The lowest BCUT2D eigenvalue weighted by Gasteiger charge is -2.34. The maximum atomic E-state index is 12.5. The van der Waals surface area contributed by atoms with Crippen molar-refractivity contribution < 1.29 is 14.7 Å². The fraction of sp³-hybridized carbons (Fsp3) is 0.867. The van der Waals surface area contributed by atoms with Crippen LogP contribution >= 0.6 is 0 Å². The summed E-state index contributed by atoms with van der Waals surface area (Å²) in [5, 5.41) is 12.4. The maximum absolute atomic E-state index is 12.5. The zero-order valence-corrected chi connectivity index (χ0v) is 12.6. The Morgan fingerprint density at radius 2 is 2.10 bits per heavy atom. The number of likely N-dealkylation sites (tertiary alicyclic amines) is 1. The van der Waals surface area contributed by atoms with E-state index in [1.54, 1.807) is 0 Å². The summed E-state index contributed by atoms with van der Waals surface area (Å²) in [6.07, 6.45) is 4.55. The second-order valence-corrected chi connectivity index (χ2v) is 6.57. The van der Waals surface area contributed by atoms with Crippen molar-refractivity contribution in [1.82, 2.24) is 15.1 Å². The van der Waals surface area contributed by atoms with E-state index in [1.807, 2.05) is 4.90 Å². The van der Waals surface area contributed by atoms with Crippen LogP contribution in [0.1, 0.15) is 39.0 Å². The number of amides is 2. The van der Waals surface area contributed by atoms with E-state index in [0.717, 1.165) is 45.3 Å². The number of piperidine rings is 1. The molecule has 0 radical (unpaired) electrons. The molecule has 4 unspecified atom stereocenters. The molecule has 2 amide bonds. The van der Waals surface area contributed by atoms with Crippen molar-refractivity contribution in [3.8, 4) is 0 Å².